The zero-order valence-corrected chi connectivity index (χ0v) is 17.1. The number of carbonyl (C=O) groups is 2. The lowest BCUT2D eigenvalue weighted by Gasteiger charge is -2.31. The summed E-state index contributed by atoms with van der Waals surface area (Å²) in [7, 11) is 1.52. The predicted molar refractivity (Wildman–Crippen MR) is 113 cm³/mol. The summed E-state index contributed by atoms with van der Waals surface area (Å²) in [6, 6.07) is 8.82. The van der Waals surface area contributed by atoms with Gasteiger partial charge in [-0.1, -0.05) is 0 Å². The first-order valence-electron chi connectivity index (χ1n) is 10.2. The molecule has 0 atom stereocenters. The third kappa shape index (κ3) is 4.38. The molecule has 2 fully saturated rings. The van der Waals surface area contributed by atoms with E-state index in [1.54, 1.807) is 18.2 Å². The van der Waals surface area contributed by atoms with E-state index in [0.29, 0.717) is 35.9 Å². The van der Waals surface area contributed by atoms with E-state index in [0.717, 1.165) is 44.7 Å². The molecule has 1 N–H and O–H groups in total. The highest BCUT2D eigenvalue weighted by molar-refractivity contribution is 6.06. The molecule has 1 aromatic carbocycles. The topological polar surface area (TPSA) is 84.0 Å². The molecule has 0 saturated carbocycles. The molecule has 2 aliphatic rings. The third-order valence-corrected chi connectivity index (χ3v) is 5.44. The summed E-state index contributed by atoms with van der Waals surface area (Å²) in [5.41, 5.74) is 2.50. The number of carbonyl (C=O) groups excluding carboxylic acids is 2. The molecule has 3 heterocycles. The number of nitrogens with zero attached hydrogens (tertiary/aromatic N) is 3. The molecule has 1 aromatic heterocycles. The highest BCUT2D eigenvalue weighted by Gasteiger charge is 2.25. The van der Waals surface area contributed by atoms with Gasteiger partial charge in [-0.2, -0.15) is 0 Å². The average molecular weight is 410 g/mol. The normalized spacial score (nSPS) is 16.4. The molecule has 8 heteroatoms. The lowest BCUT2D eigenvalue weighted by Crippen LogP contribution is -2.38. The van der Waals surface area contributed by atoms with Gasteiger partial charge in [0.25, 0.3) is 11.8 Å². The molecule has 0 spiro atoms. The lowest BCUT2D eigenvalue weighted by molar-refractivity contribution is 0.0791. The maximum atomic E-state index is 13.2. The number of nitrogens with one attached hydrogen (secondary N) is 1. The first kappa shape index (κ1) is 20.2. The standard InChI is InChI=1S/C22H26N4O4/c1-29-20-7-4-16(15-23-20)21(27)24-17-5-6-19(25-10-12-30-13-11-25)18(14-17)22(28)26-8-2-3-9-26/h4-7,14-15H,2-3,8-13H2,1H3,(H,24,27). The molecule has 0 unspecified atom stereocenters. The van der Waals surface area contributed by atoms with E-state index in [1.807, 2.05) is 17.0 Å². The number of ether oxygens (including phenoxy) is 2. The van der Waals surface area contributed by atoms with Crippen LogP contribution in [-0.4, -0.2) is 68.2 Å². The molecule has 4 rings (SSSR count). The second-order valence-electron chi connectivity index (χ2n) is 7.37. The maximum absolute atomic E-state index is 13.2. The van der Waals surface area contributed by atoms with Crippen LogP contribution in [0.3, 0.4) is 0 Å². The fourth-order valence-corrected chi connectivity index (χ4v) is 3.79. The molecule has 0 aliphatic carbocycles. The van der Waals surface area contributed by atoms with Gasteiger partial charge in [0.15, 0.2) is 0 Å². The van der Waals surface area contributed by atoms with E-state index < -0.39 is 0 Å². The Balaban J connectivity index is 1.59. The van der Waals surface area contributed by atoms with Gasteiger partial charge in [0, 0.05) is 49.8 Å². The summed E-state index contributed by atoms with van der Waals surface area (Å²) < 4.78 is 10.5. The minimum absolute atomic E-state index is 0.0104. The zero-order valence-electron chi connectivity index (χ0n) is 17.1. The number of amides is 2. The van der Waals surface area contributed by atoms with Crippen LogP contribution in [0, 0.1) is 0 Å². The molecular formula is C22H26N4O4. The number of pyridine rings is 1. The minimum Gasteiger partial charge on any atom is -0.481 e. The van der Waals surface area contributed by atoms with Crippen molar-refractivity contribution in [1.82, 2.24) is 9.88 Å². The Hall–Kier alpha value is -3.13. The van der Waals surface area contributed by atoms with E-state index in [9.17, 15) is 9.59 Å². The van der Waals surface area contributed by atoms with Crippen LogP contribution in [0.4, 0.5) is 11.4 Å². The molecule has 2 aromatic rings. The van der Waals surface area contributed by atoms with E-state index in [4.69, 9.17) is 9.47 Å². The van der Waals surface area contributed by atoms with Gasteiger partial charge in [0.05, 0.1) is 31.5 Å². The number of anilines is 2. The van der Waals surface area contributed by atoms with Crippen LogP contribution in [-0.2, 0) is 4.74 Å². The van der Waals surface area contributed by atoms with Crippen LogP contribution < -0.4 is 15.0 Å². The molecule has 30 heavy (non-hydrogen) atoms. The van der Waals surface area contributed by atoms with Gasteiger partial charge in [-0.3, -0.25) is 9.59 Å². The maximum Gasteiger partial charge on any atom is 0.257 e. The molecule has 0 radical (unpaired) electrons. The number of benzene rings is 1. The smallest absolute Gasteiger partial charge is 0.257 e. The highest BCUT2D eigenvalue weighted by Crippen LogP contribution is 2.28. The fraction of sp³-hybridized carbons (Fsp3) is 0.409. The second kappa shape index (κ2) is 9.13. The molecule has 2 saturated heterocycles. The quantitative estimate of drug-likeness (QED) is 0.815. The monoisotopic (exact) mass is 410 g/mol. The van der Waals surface area contributed by atoms with Gasteiger partial charge in [0.2, 0.25) is 5.88 Å². The number of likely N-dealkylation sites (tertiary alicyclic amines) is 1. The van der Waals surface area contributed by atoms with Crippen molar-refractivity contribution in [1.29, 1.82) is 0 Å². The highest BCUT2D eigenvalue weighted by atomic mass is 16.5. The summed E-state index contributed by atoms with van der Waals surface area (Å²) in [4.78, 5) is 34.0. The molecule has 2 aliphatic heterocycles. The van der Waals surface area contributed by atoms with Crippen molar-refractivity contribution in [3.63, 3.8) is 0 Å². The van der Waals surface area contributed by atoms with Crippen LogP contribution in [0.2, 0.25) is 0 Å². The number of hydrogen-bond acceptors (Lipinski definition) is 6. The predicted octanol–water partition coefficient (Wildman–Crippen LogP) is 2.42. The van der Waals surface area contributed by atoms with E-state index in [1.165, 1.54) is 13.3 Å². The molecule has 158 valence electrons. The SMILES string of the molecule is COc1ccc(C(=O)Nc2ccc(N3CCOCC3)c(C(=O)N3CCCC3)c2)cn1. The molecule has 8 nitrogen and oxygen atoms in total. The largest absolute Gasteiger partial charge is 0.481 e. The first-order valence-corrected chi connectivity index (χ1v) is 10.2. The van der Waals surface area contributed by atoms with Crippen molar-refractivity contribution in [3.8, 4) is 5.88 Å². The van der Waals surface area contributed by atoms with Gasteiger partial charge < -0.3 is 24.6 Å². The lowest BCUT2D eigenvalue weighted by atomic mass is 10.1. The second-order valence-corrected chi connectivity index (χ2v) is 7.37. The Morgan fingerprint density at radius 1 is 1.07 bits per heavy atom. The first-order chi connectivity index (χ1) is 14.7. The van der Waals surface area contributed by atoms with E-state index in [2.05, 4.69) is 15.2 Å². The van der Waals surface area contributed by atoms with Crippen molar-refractivity contribution < 1.29 is 19.1 Å². The van der Waals surface area contributed by atoms with Crippen LogP contribution in [0.5, 0.6) is 5.88 Å². The van der Waals surface area contributed by atoms with Gasteiger partial charge in [0.1, 0.15) is 0 Å². The third-order valence-electron chi connectivity index (χ3n) is 5.44. The van der Waals surface area contributed by atoms with Crippen molar-refractivity contribution in [2.75, 3.05) is 56.7 Å². The average Bonchev–Trinajstić information content (AvgIpc) is 3.34. The van der Waals surface area contributed by atoms with Crippen molar-refractivity contribution in [2.24, 2.45) is 0 Å². The summed E-state index contributed by atoms with van der Waals surface area (Å²) in [5, 5.41) is 2.88. The minimum atomic E-state index is -0.288. The number of hydrogen-bond donors (Lipinski definition) is 1. The van der Waals surface area contributed by atoms with Crippen molar-refractivity contribution in [2.45, 2.75) is 12.8 Å². The Bertz CT molecular complexity index is 904. The number of morpholine rings is 1. The Morgan fingerprint density at radius 3 is 2.50 bits per heavy atom. The Labute approximate surface area is 175 Å². The van der Waals surface area contributed by atoms with Gasteiger partial charge in [-0.25, -0.2) is 4.98 Å². The van der Waals surface area contributed by atoms with E-state index in [-0.39, 0.29) is 11.8 Å². The summed E-state index contributed by atoms with van der Waals surface area (Å²) in [5.74, 6) is 0.167. The van der Waals surface area contributed by atoms with Crippen LogP contribution in [0.25, 0.3) is 0 Å². The van der Waals surface area contributed by atoms with Crippen LogP contribution in [0.15, 0.2) is 36.5 Å². The summed E-state index contributed by atoms with van der Waals surface area (Å²) >= 11 is 0. The Morgan fingerprint density at radius 2 is 1.83 bits per heavy atom. The van der Waals surface area contributed by atoms with Gasteiger partial charge in [-0.05, 0) is 37.1 Å². The molecule has 2 amide bonds. The molecule has 0 bridgehead atoms. The summed E-state index contributed by atoms with van der Waals surface area (Å²) in [6.07, 6.45) is 3.52. The van der Waals surface area contributed by atoms with Gasteiger partial charge >= 0.3 is 0 Å². The van der Waals surface area contributed by atoms with Crippen LogP contribution >= 0.6 is 0 Å². The number of aromatic nitrogens is 1. The summed E-state index contributed by atoms with van der Waals surface area (Å²) in [6.45, 7) is 4.30. The van der Waals surface area contributed by atoms with Crippen molar-refractivity contribution >= 4 is 23.2 Å². The fourth-order valence-electron chi connectivity index (χ4n) is 3.79. The zero-order chi connectivity index (χ0) is 20.9. The van der Waals surface area contributed by atoms with E-state index >= 15 is 0 Å². The van der Waals surface area contributed by atoms with Crippen molar-refractivity contribution in [3.05, 3.63) is 47.7 Å². The van der Waals surface area contributed by atoms with Gasteiger partial charge in [-0.15, -0.1) is 0 Å². The van der Waals surface area contributed by atoms with Crippen LogP contribution in [0.1, 0.15) is 33.6 Å². The number of rotatable bonds is 5. The molecular weight excluding hydrogens is 384 g/mol. The Kier molecular flexibility index (Phi) is 6.13. The number of methoxy groups -OCH3 is 1.